The lowest BCUT2D eigenvalue weighted by Gasteiger charge is -2.06. The van der Waals surface area contributed by atoms with Gasteiger partial charge in [-0.15, -0.1) is 0 Å². The summed E-state index contributed by atoms with van der Waals surface area (Å²) in [6, 6.07) is 1.74. The van der Waals surface area contributed by atoms with Crippen LogP contribution in [-0.2, 0) is 19.4 Å². The summed E-state index contributed by atoms with van der Waals surface area (Å²) < 4.78 is 26.9. The topological polar surface area (TPSA) is 84.2 Å². The van der Waals surface area contributed by atoms with Crippen molar-refractivity contribution in [1.82, 2.24) is 0 Å². The summed E-state index contributed by atoms with van der Waals surface area (Å²) in [6.45, 7) is 1.76. The van der Waals surface area contributed by atoms with Crippen LogP contribution >= 0.6 is 0 Å². The minimum Gasteiger partial charge on any atom is -0.465 e. The molecule has 0 spiro atoms. The molecule has 0 saturated heterocycles. The predicted octanol–water partition coefficient (Wildman–Crippen LogP) is -0.124. The van der Waals surface area contributed by atoms with Gasteiger partial charge in [-0.05, 0) is 13.3 Å². The summed E-state index contributed by atoms with van der Waals surface area (Å²) in [5.74, 6) is -0.724. The lowest BCUT2D eigenvalue weighted by Crippen LogP contribution is -2.24. The number of carbonyl (C=O) groups is 1. The molecule has 0 bridgehead atoms. The Morgan fingerprint density at radius 3 is 2.57 bits per heavy atom. The van der Waals surface area contributed by atoms with Gasteiger partial charge in [0.2, 0.25) is 0 Å². The van der Waals surface area contributed by atoms with Crippen LogP contribution in [0.3, 0.4) is 0 Å². The maximum absolute atomic E-state index is 11.3. The minimum absolute atomic E-state index is 0.0567. The lowest BCUT2D eigenvalue weighted by atomic mass is 10.1. The van der Waals surface area contributed by atoms with Crippen molar-refractivity contribution in [3.63, 3.8) is 0 Å². The molecule has 0 heterocycles. The molecule has 1 aliphatic rings. The Kier molecular flexibility index (Phi) is 2.54. The number of sulfone groups is 1. The van der Waals surface area contributed by atoms with Crippen LogP contribution in [0.2, 0.25) is 0 Å². The second-order valence-electron chi connectivity index (χ2n) is 3.33. The van der Waals surface area contributed by atoms with Gasteiger partial charge in [-0.2, -0.15) is 5.26 Å². The lowest BCUT2D eigenvalue weighted by molar-refractivity contribution is -0.147. The highest BCUT2D eigenvalue weighted by Crippen LogP contribution is 2.50. The molecule has 0 aromatic heterocycles. The third-order valence-corrected chi connectivity index (χ3v) is 3.86. The third kappa shape index (κ3) is 1.60. The van der Waals surface area contributed by atoms with Crippen LogP contribution in [0.15, 0.2) is 0 Å². The Bertz CT molecular complexity index is 394. The summed E-state index contributed by atoms with van der Waals surface area (Å²) in [4.78, 5) is 11.3. The second-order valence-corrected chi connectivity index (χ2v) is 5.55. The summed E-state index contributed by atoms with van der Waals surface area (Å²) >= 11 is 0. The number of nitriles is 1. The largest absolute Gasteiger partial charge is 0.465 e. The monoisotopic (exact) mass is 217 g/mol. The van der Waals surface area contributed by atoms with Gasteiger partial charge in [-0.1, -0.05) is 0 Å². The molecule has 1 saturated carbocycles. The van der Waals surface area contributed by atoms with Crippen molar-refractivity contribution in [3.8, 4) is 6.07 Å². The van der Waals surface area contributed by atoms with Gasteiger partial charge < -0.3 is 4.74 Å². The molecule has 78 valence electrons. The van der Waals surface area contributed by atoms with Crippen LogP contribution in [0.5, 0.6) is 0 Å². The zero-order valence-electron chi connectivity index (χ0n) is 7.98. The second kappa shape index (κ2) is 3.24. The first-order chi connectivity index (χ1) is 6.38. The molecule has 0 aliphatic heterocycles. The fourth-order valence-corrected chi connectivity index (χ4v) is 2.83. The number of esters is 1. The molecule has 1 aliphatic carbocycles. The van der Waals surface area contributed by atoms with Crippen molar-refractivity contribution < 1.29 is 17.9 Å². The Hall–Kier alpha value is -1.09. The molecule has 0 radical (unpaired) electrons. The first-order valence-corrected chi connectivity index (χ1v) is 6.11. The van der Waals surface area contributed by atoms with E-state index in [0.717, 1.165) is 6.26 Å². The Balaban J connectivity index is 2.88. The zero-order chi connectivity index (χ0) is 11.0. The SMILES string of the molecule is CCOC(=O)[C@@]1(C#N)C[C@H]1S(C)(=O)=O. The molecule has 0 N–H and O–H groups in total. The van der Waals surface area contributed by atoms with Crippen molar-refractivity contribution in [1.29, 1.82) is 5.26 Å². The maximum atomic E-state index is 11.3. The molecule has 6 heteroatoms. The standard InChI is InChI=1S/C8H11NO4S/c1-3-13-7(10)8(5-9)4-6(8)14(2,11)12/h6H,3-4H2,1-2H3/t6-,8-/m1/s1. The quantitative estimate of drug-likeness (QED) is 0.615. The number of rotatable bonds is 3. The van der Waals surface area contributed by atoms with Gasteiger partial charge in [0.25, 0.3) is 0 Å². The van der Waals surface area contributed by atoms with Gasteiger partial charge >= 0.3 is 5.97 Å². The molecule has 0 unspecified atom stereocenters. The van der Waals surface area contributed by atoms with Crippen molar-refractivity contribution in [2.24, 2.45) is 5.41 Å². The van der Waals surface area contributed by atoms with Crippen molar-refractivity contribution in [3.05, 3.63) is 0 Å². The average molecular weight is 217 g/mol. The third-order valence-electron chi connectivity index (χ3n) is 2.25. The molecule has 14 heavy (non-hydrogen) atoms. The van der Waals surface area contributed by atoms with E-state index in [1.54, 1.807) is 13.0 Å². The van der Waals surface area contributed by atoms with Crippen LogP contribution in [0, 0.1) is 16.7 Å². The van der Waals surface area contributed by atoms with E-state index in [2.05, 4.69) is 4.74 Å². The number of hydrogen-bond donors (Lipinski definition) is 0. The molecular weight excluding hydrogens is 206 g/mol. The van der Waals surface area contributed by atoms with E-state index in [4.69, 9.17) is 5.26 Å². The number of carbonyl (C=O) groups excluding carboxylic acids is 1. The highest BCUT2D eigenvalue weighted by molar-refractivity contribution is 7.91. The van der Waals surface area contributed by atoms with E-state index in [1.165, 1.54) is 0 Å². The summed E-state index contributed by atoms with van der Waals surface area (Å²) in [7, 11) is -3.34. The predicted molar refractivity (Wildman–Crippen MR) is 47.9 cm³/mol. The molecule has 1 rings (SSSR count). The highest BCUT2D eigenvalue weighted by atomic mass is 32.2. The first kappa shape index (κ1) is 11.0. The van der Waals surface area contributed by atoms with E-state index in [1.807, 2.05) is 0 Å². The van der Waals surface area contributed by atoms with Gasteiger partial charge in [0, 0.05) is 6.26 Å². The van der Waals surface area contributed by atoms with Crippen molar-refractivity contribution >= 4 is 15.8 Å². The molecule has 0 amide bonds. The molecule has 1 fully saturated rings. The number of nitrogens with zero attached hydrogens (tertiary/aromatic N) is 1. The van der Waals surface area contributed by atoms with E-state index in [9.17, 15) is 13.2 Å². The van der Waals surface area contributed by atoms with E-state index in [-0.39, 0.29) is 13.0 Å². The Morgan fingerprint density at radius 2 is 2.29 bits per heavy atom. The average Bonchev–Trinajstić information content (AvgIpc) is 2.79. The van der Waals surface area contributed by atoms with Crippen molar-refractivity contribution in [2.75, 3.05) is 12.9 Å². The number of hydrogen-bond acceptors (Lipinski definition) is 5. The summed E-state index contributed by atoms with van der Waals surface area (Å²) in [5.41, 5.74) is -1.44. The fourth-order valence-electron chi connectivity index (χ4n) is 1.39. The van der Waals surface area contributed by atoms with Crippen molar-refractivity contribution in [2.45, 2.75) is 18.6 Å². The van der Waals surface area contributed by atoms with Gasteiger partial charge in [0.1, 0.15) is 0 Å². The van der Waals surface area contributed by atoms with Gasteiger partial charge in [0.05, 0.1) is 17.9 Å². The maximum Gasteiger partial charge on any atom is 0.327 e. The summed E-state index contributed by atoms with van der Waals surface area (Å²) in [5, 5.41) is 7.88. The molecule has 0 aromatic rings. The van der Waals surface area contributed by atoms with Crippen LogP contribution in [0.4, 0.5) is 0 Å². The first-order valence-electron chi connectivity index (χ1n) is 4.16. The molecule has 2 atom stereocenters. The smallest absolute Gasteiger partial charge is 0.327 e. The number of ether oxygens (including phenoxy) is 1. The Morgan fingerprint density at radius 1 is 1.71 bits per heavy atom. The van der Waals surface area contributed by atoms with Gasteiger partial charge in [0.15, 0.2) is 15.3 Å². The zero-order valence-corrected chi connectivity index (χ0v) is 8.80. The highest BCUT2D eigenvalue weighted by Gasteiger charge is 2.67. The van der Waals surface area contributed by atoms with Crippen LogP contribution in [0.25, 0.3) is 0 Å². The van der Waals surface area contributed by atoms with Crippen LogP contribution in [0.1, 0.15) is 13.3 Å². The normalized spacial score (nSPS) is 30.5. The van der Waals surface area contributed by atoms with Crippen LogP contribution in [-0.4, -0.2) is 32.5 Å². The molecular formula is C8H11NO4S. The fraction of sp³-hybridized carbons (Fsp3) is 0.750. The van der Waals surface area contributed by atoms with E-state index >= 15 is 0 Å². The summed E-state index contributed by atoms with van der Waals surface area (Å²) in [6.07, 6.45) is 1.08. The van der Waals surface area contributed by atoms with Crippen LogP contribution < -0.4 is 0 Å². The minimum atomic E-state index is -3.34. The molecule has 0 aromatic carbocycles. The molecule has 5 nitrogen and oxygen atoms in total. The Labute approximate surface area is 82.6 Å². The van der Waals surface area contributed by atoms with E-state index < -0.39 is 26.5 Å². The van der Waals surface area contributed by atoms with Gasteiger partial charge in [-0.3, -0.25) is 4.79 Å². The van der Waals surface area contributed by atoms with Gasteiger partial charge in [-0.25, -0.2) is 8.42 Å². The van der Waals surface area contributed by atoms with E-state index in [0.29, 0.717) is 0 Å².